The smallest absolute Gasteiger partial charge is 0.135 e. The third kappa shape index (κ3) is 2.86. The average Bonchev–Trinajstić information content (AvgIpc) is 3.38. The van der Waals surface area contributed by atoms with E-state index in [-0.39, 0.29) is 63.1 Å². The molecule has 5 saturated carbocycles. The summed E-state index contributed by atoms with van der Waals surface area (Å²) in [5, 5.41) is 34.3. The molecule has 0 aliphatic heterocycles. The van der Waals surface area contributed by atoms with E-state index < -0.39 is 0 Å². The third-order valence-corrected chi connectivity index (χ3v) is 13.2. The quantitative estimate of drug-likeness (QED) is 0.501. The molecule has 0 radical (unpaired) electrons. The molecule has 4 nitrogen and oxygen atoms in total. The molecule has 0 saturated heterocycles. The van der Waals surface area contributed by atoms with E-state index in [0.717, 1.165) is 51.4 Å². The summed E-state index contributed by atoms with van der Waals surface area (Å²) in [5.41, 5.74) is -0.0826. The van der Waals surface area contributed by atoms with Crippen molar-refractivity contribution < 1.29 is 20.1 Å². The van der Waals surface area contributed by atoms with Gasteiger partial charge in [0.05, 0.1) is 18.3 Å². The SMILES string of the molecule is CC(C)C(=O)CC[C@@H](C)[C@H]1[C@@H](O)C[C@@]2(C)[C@@H]3CC[C@H]4C(C)(C)[C@@H](O)CC[C@@]45C[C@@]35[C@H](O)C[C@]12C. The minimum Gasteiger partial charge on any atom is -0.393 e. The summed E-state index contributed by atoms with van der Waals surface area (Å²) < 4.78 is 0. The van der Waals surface area contributed by atoms with Gasteiger partial charge in [0.25, 0.3) is 0 Å². The first-order valence-electron chi connectivity index (χ1n) is 14.3. The second-order valence-electron chi connectivity index (χ2n) is 14.9. The van der Waals surface area contributed by atoms with Crippen molar-refractivity contribution >= 4 is 5.78 Å². The first kappa shape index (κ1) is 25.2. The third-order valence-electron chi connectivity index (χ3n) is 13.2. The minimum atomic E-state index is -0.362. The maximum Gasteiger partial charge on any atom is 0.135 e. The highest BCUT2D eigenvalue weighted by Gasteiger charge is 2.85. The highest BCUT2D eigenvalue weighted by molar-refractivity contribution is 5.80. The van der Waals surface area contributed by atoms with Crippen LogP contribution in [0.1, 0.15) is 106 Å². The minimum absolute atomic E-state index is 0.00130. The van der Waals surface area contributed by atoms with E-state index in [4.69, 9.17) is 0 Å². The van der Waals surface area contributed by atoms with E-state index >= 15 is 0 Å². The molecule has 0 aromatic carbocycles. The molecule has 34 heavy (non-hydrogen) atoms. The molecule has 0 aromatic rings. The van der Waals surface area contributed by atoms with Crippen LogP contribution in [0.4, 0.5) is 0 Å². The van der Waals surface area contributed by atoms with Gasteiger partial charge in [-0.1, -0.05) is 48.5 Å². The summed E-state index contributed by atoms with van der Waals surface area (Å²) in [6.45, 7) is 15.5. The lowest BCUT2D eigenvalue weighted by Gasteiger charge is -2.64. The van der Waals surface area contributed by atoms with Crippen molar-refractivity contribution in [2.75, 3.05) is 0 Å². The molecule has 0 bridgehead atoms. The Morgan fingerprint density at radius 2 is 1.53 bits per heavy atom. The van der Waals surface area contributed by atoms with Crippen molar-refractivity contribution in [3.05, 3.63) is 0 Å². The maximum absolute atomic E-state index is 12.3. The van der Waals surface area contributed by atoms with Crippen LogP contribution in [0.15, 0.2) is 0 Å². The van der Waals surface area contributed by atoms with Crippen LogP contribution in [0, 0.1) is 56.7 Å². The number of carbonyl (C=O) groups excluding carboxylic acids is 1. The zero-order valence-electron chi connectivity index (χ0n) is 22.7. The summed E-state index contributed by atoms with van der Waals surface area (Å²) in [6.07, 6.45) is 7.31. The summed E-state index contributed by atoms with van der Waals surface area (Å²) in [6, 6.07) is 0. The predicted molar refractivity (Wildman–Crippen MR) is 134 cm³/mol. The van der Waals surface area contributed by atoms with Crippen molar-refractivity contribution in [2.24, 2.45) is 56.7 Å². The summed E-state index contributed by atoms with van der Waals surface area (Å²) in [5.74, 6) is 1.68. The number of Topliss-reactive ketones (excluding diaryl/α,β-unsaturated/α-hetero) is 1. The van der Waals surface area contributed by atoms with Gasteiger partial charge in [-0.05, 0) is 96.7 Å². The van der Waals surface area contributed by atoms with Crippen molar-refractivity contribution in [1.29, 1.82) is 0 Å². The van der Waals surface area contributed by atoms with E-state index in [2.05, 4.69) is 34.6 Å². The molecule has 5 aliphatic carbocycles. The highest BCUT2D eigenvalue weighted by atomic mass is 16.3. The van der Waals surface area contributed by atoms with Crippen LogP contribution in [0.25, 0.3) is 0 Å². The first-order valence-corrected chi connectivity index (χ1v) is 14.3. The molecule has 5 aliphatic rings. The van der Waals surface area contributed by atoms with Crippen LogP contribution in [-0.2, 0) is 4.79 Å². The van der Waals surface area contributed by atoms with Gasteiger partial charge < -0.3 is 15.3 Å². The van der Waals surface area contributed by atoms with Crippen LogP contribution in [0.2, 0.25) is 0 Å². The summed E-state index contributed by atoms with van der Waals surface area (Å²) in [7, 11) is 0. The molecule has 3 N–H and O–H groups in total. The number of rotatable bonds is 5. The standard InChI is InChI=1S/C30H50O4/c1-17(2)19(31)9-8-18(3)25-20(32)14-27(6)22-11-10-21-26(4,5)23(33)12-13-29(21)16-30(22,29)24(34)15-28(25,27)7/h17-18,20-25,32-34H,8-16H2,1-7H3/t18-,20+,21+,22+,23+,24-,25+,27+,28-,29-,30+/m1/s1. The molecular weight excluding hydrogens is 424 g/mol. The fourth-order valence-electron chi connectivity index (χ4n) is 11.3. The fraction of sp³-hybridized carbons (Fsp3) is 0.967. The van der Waals surface area contributed by atoms with Gasteiger partial charge in [0, 0.05) is 17.8 Å². The van der Waals surface area contributed by atoms with Crippen LogP contribution in [0.5, 0.6) is 0 Å². The van der Waals surface area contributed by atoms with Crippen LogP contribution in [-0.4, -0.2) is 39.4 Å². The highest BCUT2D eigenvalue weighted by Crippen LogP contribution is 2.88. The van der Waals surface area contributed by atoms with Crippen LogP contribution >= 0.6 is 0 Å². The van der Waals surface area contributed by atoms with Crippen LogP contribution in [0.3, 0.4) is 0 Å². The molecule has 0 heterocycles. The zero-order chi connectivity index (χ0) is 25.1. The van der Waals surface area contributed by atoms with Gasteiger partial charge >= 0.3 is 0 Å². The fourth-order valence-corrected chi connectivity index (χ4v) is 11.3. The Morgan fingerprint density at radius 1 is 0.882 bits per heavy atom. The van der Waals surface area contributed by atoms with Gasteiger partial charge in [0.1, 0.15) is 5.78 Å². The number of carbonyl (C=O) groups is 1. The Bertz CT molecular complexity index is 851. The lowest BCUT2D eigenvalue weighted by molar-refractivity contribution is -0.202. The molecule has 0 unspecified atom stereocenters. The van der Waals surface area contributed by atoms with Crippen molar-refractivity contribution in [2.45, 2.75) is 125 Å². The Labute approximate surface area is 207 Å². The topological polar surface area (TPSA) is 77.8 Å². The monoisotopic (exact) mass is 474 g/mol. The molecule has 5 rings (SSSR count). The Morgan fingerprint density at radius 3 is 2.18 bits per heavy atom. The second-order valence-corrected chi connectivity index (χ2v) is 14.9. The van der Waals surface area contributed by atoms with E-state index in [1.165, 1.54) is 0 Å². The Hall–Kier alpha value is -0.450. The number of aliphatic hydroxyl groups excluding tert-OH is 3. The largest absolute Gasteiger partial charge is 0.393 e. The van der Waals surface area contributed by atoms with Gasteiger partial charge in [0.2, 0.25) is 0 Å². The van der Waals surface area contributed by atoms with Gasteiger partial charge in [-0.25, -0.2) is 0 Å². The molecule has 0 aromatic heterocycles. The Kier molecular flexibility index (Phi) is 5.59. The summed E-state index contributed by atoms with van der Waals surface area (Å²) >= 11 is 0. The van der Waals surface area contributed by atoms with Gasteiger partial charge in [0.15, 0.2) is 0 Å². The first-order chi connectivity index (χ1) is 15.7. The number of ketones is 1. The number of hydrogen-bond acceptors (Lipinski definition) is 4. The molecule has 5 fully saturated rings. The predicted octanol–water partition coefficient (Wildman–Crippen LogP) is 5.37. The van der Waals surface area contributed by atoms with Crippen molar-refractivity contribution in [3.8, 4) is 0 Å². The second kappa shape index (κ2) is 7.54. The number of aliphatic hydroxyl groups is 3. The van der Waals surface area contributed by atoms with Crippen molar-refractivity contribution in [3.63, 3.8) is 0 Å². The molecule has 2 spiro atoms. The van der Waals surface area contributed by atoms with Gasteiger partial charge in [-0.2, -0.15) is 0 Å². The average molecular weight is 475 g/mol. The normalized spacial score (nSPS) is 54.0. The zero-order valence-corrected chi connectivity index (χ0v) is 22.7. The lowest BCUT2D eigenvalue weighted by atomic mass is 9.41. The summed E-state index contributed by atoms with van der Waals surface area (Å²) in [4.78, 5) is 12.3. The molecule has 0 amide bonds. The molecule has 11 atom stereocenters. The Balaban J connectivity index is 1.46. The lowest BCUT2D eigenvalue weighted by Crippen LogP contribution is -2.62. The van der Waals surface area contributed by atoms with Crippen molar-refractivity contribution in [1.82, 2.24) is 0 Å². The number of fused-ring (bicyclic) bond motifs is 2. The van der Waals surface area contributed by atoms with Gasteiger partial charge in [-0.3, -0.25) is 4.79 Å². The number of hydrogen-bond donors (Lipinski definition) is 3. The van der Waals surface area contributed by atoms with E-state index in [0.29, 0.717) is 24.0 Å². The van der Waals surface area contributed by atoms with Crippen LogP contribution < -0.4 is 0 Å². The molecular formula is C30H50O4. The van der Waals surface area contributed by atoms with E-state index in [9.17, 15) is 20.1 Å². The van der Waals surface area contributed by atoms with E-state index in [1.807, 2.05) is 13.8 Å². The molecule has 4 heteroatoms. The van der Waals surface area contributed by atoms with Gasteiger partial charge in [-0.15, -0.1) is 0 Å². The molecule has 194 valence electrons. The maximum atomic E-state index is 12.3. The van der Waals surface area contributed by atoms with E-state index in [1.54, 1.807) is 0 Å².